The third kappa shape index (κ3) is 3.79. The number of piperidine rings is 1. The number of rotatable bonds is 5. The molecule has 1 aromatic heterocycles. The fourth-order valence-corrected chi connectivity index (χ4v) is 3.39. The third-order valence-corrected chi connectivity index (χ3v) is 4.78. The monoisotopic (exact) mass is 295 g/mol. The molecule has 1 saturated heterocycles. The van der Waals surface area contributed by atoms with Crippen LogP contribution in [-0.2, 0) is 6.54 Å². The summed E-state index contributed by atoms with van der Waals surface area (Å²) in [7, 11) is 0. The van der Waals surface area contributed by atoms with Gasteiger partial charge in [-0.25, -0.2) is 4.98 Å². The molecular weight excluding hydrogens is 270 g/mol. The summed E-state index contributed by atoms with van der Waals surface area (Å²) < 4.78 is 0. The predicted molar refractivity (Wildman–Crippen MR) is 82.8 cm³/mol. The highest BCUT2D eigenvalue weighted by atomic mass is 32.1. The van der Waals surface area contributed by atoms with E-state index < -0.39 is 0 Å². The number of amides is 1. The highest BCUT2D eigenvalue weighted by Gasteiger charge is 2.28. The van der Waals surface area contributed by atoms with Crippen LogP contribution in [0.25, 0.3) is 0 Å². The van der Waals surface area contributed by atoms with Gasteiger partial charge in [0.2, 0.25) is 0 Å². The lowest BCUT2D eigenvalue weighted by Gasteiger charge is -2.35. The normalized spacial score (nSPS) is 19.6. The molecule has 0 aliphatic carbocycles. The van der Waals surface area contributed by atoms with Crippen molar-refractivity contribution in [3.63, 3.8) is 0 Å². The topological polar surface area (TPSA) is 59.2 Å². The summed E-state index contributed by atoms with van der Waals surface area (Å²) in [6.07, 6.45) is 5.76. The molecule has 2 rings (SSSR count). The smallest absolute Gasteiger partial charge is 0.273 e. The van der Waals surface area contributed by atoms with Crippen LogP contribution in [0.2, 0.25) is 0 Å². The molecule has 5 heteroatoms. The van der Waals surface area contributed by atoms with Crippen LogP contribution in [0.4, 0.5) is 0 Å². The molecule has 1 fully saturated rings. The van der Waals surface area contributed by atoms with E-state index in [4.69, 9.17) is 5.73 Å². The summed E-state index contributed by atoms with van der Waals surface area (Å²) in [5.41, 5.74) is 6.15. The molecule has 1 amide bonds. The quantitative estimate of drug-likeness (QED) is 0.908. The van der Waals surface area contributed by atoms with Crippen molar-refractivity contribution in [2.75, 3.05) is 6.54 Å². The van der Waals surface area contributed by atoms with Crippen LogP contribution in [0, 0.1) is 5.92 Å². The summed E-state index contributed by atoms with van der Waals surface area (Å²) in [6.45, 7) is 5.76. The second-order valence-corrected chi connectivity index (χ2v) is 6.89. The van der Waals surface area contributed by atoms with Crippen LogP contribution < -0.4 is 5.73 Å². The van der Waals surface area contributed by atoms with E-state index in [0.717, 1.165) is 30.8 Å². The Balaban J connectivity index is 2.04. The first-order valence-electron chi connectivity index (χ1n) is 7.57. The largest absolute Gasteiger partial charge is 0.334 e. The molecule has 4 nitrogen and oxygen atoms in total. The minimum absolute atomic E-state index is 0.0920. The van der Waals surface area contributed by atoms with Gasteiger partial charge in [-0.05, 0) is 38.0 Å². The van der Waals surface area contributed by atoms with Gasteiger partial charge in [0.15, 0.2) is 0 Å². The van der Waals surface area contributed by atoms with Crippen molar-refractivity contribution in [2.24, 2.45) is 11.7 Å². The average Bonchev–Trinajstić information content (AvgIpc) is 2.93. The fraction of sp³-hybridized carbons (Fsp3) is 0.733. The lowest BCUT2D eigenvalue weighted by molar-refractivity contribution is 0.0588. The maximum atomic E-state index is 12.6. The van der Waals surface area contributed by atoms with Crippen molar-refractivity contribution in [1.82, 2.24) is 9.88 Å². The van der Waals surface area contributed by atoms with Gasteiger partial charge in [-0.3, -0.25) is 4.79 Å². The Morgan fingerprint density at radius 1 is 1.55 bits per heavy atom. The van der Waals surface area contributed by atoms with Gasteiger partial charge in [-0.2, -0.15) is 0 Å². The SMILES string of the molecule is CC(C)CC[C@H]1CCCCN1C(=O)c1csc(CN)n1. The van der Waals surface area contributed by atoms with Crippen molar-refractivity contribution >= 4 is 17.2 Å². The number of nitrogens with zero attached hydrogens (tertiary/aromatic N) is 2. The van der Waals surface area contributed by atoms with Crippen molar-refractivity contribution in [3.8, 4) is 0 Å². The number of thiazole rings is 1. The molecule has 1 aromatic rings. The summed E-state index contributed by atoms with van der Waals surface area (Å²) in [5.74, 6) is 0.784. The second kappa shape index (κ2) is 7.18. The van der Waals surface area contributed by atoms with E-state index in [1.165, 1.54) is 24.2 Å². The van der Waals surface area contributed by atoms with Crippen LogP contribution in [0.15, 0.2) is 5.38 Å². The number of hydrogen-bond acceptors (Lipinski definition) is 4. The molecule has 0 radical (unpaired) electrons. The predicted octanol–water partition coefficient (Wildman–Crippen LogP) is 3.03. The highest BCUT2D eigenvalue weighted by Crippen LogP contribution is 2.24. The maximum absolute atomic E-state index is 12.6. The van der Waals surface area contributed by atoms with E-state index >= 15 is 0 Å². The zero-order valence-electron chi connectivity index (χ0n) is 12.5. The van der Waals surface area contributed by atoms with Crippen molar-refractivity contribution in [3.05, 3.63) is 16.1 Å². The van der Waals surface area contributed by atoms with Crippen LogP contribution in [0.3, 0.4) is 0 Å². The van der Waals surface area contributed by atoms with E-state index in [9.17, 15) is 4.79 Å². The van der Waals surface area contributed by atoms with Crippen LogP contribution in [0.5, 0.6) is 0 Å². The third-order valence-electron chi connectivity index (χ3n) is 3.91. The number of nitrogens with two attached hydrogens (primary N) is 1. The van der Waals surface area contributed by atoms with Crippen LogP contribution in [0.1, 0.15) is 61.4 Å². The summed E-state index contributed by atoms with van der Waals surface area (Å²) >= 11 is 1.48. The molecule has 1 aliphatic rings. The molecule has 20 heavy (non-hydrogen) atoms. The highest BCUT2D eigenvalue weighted by molar-refractivity contribution is 7.09. The molecular formula is C15H25N3OS. The van der Waals surface area contributed by atoms with E-state index in [0.29, 0.717) is 24.2 Å². The van der Waals surface area contributed by atoms with E-state index in [1.807, 2.05) is 10.3 Å². The first kappa shape index (κ1) is 15.4. The number of carbonyl (C=O) groups is 1. The lowest BCUT2D eigenvalue weighted by atomic mass is 9.94. The number of aromatic nitrogens is 1. The molecule has 112 valence electrons. The van der Waals surface area contributed by atoms with Gasteiger partial charge < -0.3 is 10.6 Å². The van der Waals surface area contributed by atoms with E-state index in [1.54, 1.807) is 0 Å². The lowest BCUT2D eigenvalue weighted by Crippen LogP contribution is -2.44. The Bertz CT molecular complexity index is 444. The Morgan fingerprint density at radius 3 is 3.00 bits per heavy atom. The minimum atomic E-state index is 0.0920. The second-order valence-electron chi connectivity index (χ2n) is 5.95. The van der Waals surface area contributed by atoms with Gasteiger partial charge in [-0.1, -0.05) is 13.8 Å². The van der Waals surface area contributed by atoms with Crippen molar-refractivity contribution in [2.45, 2.75) is 58.5 Å². The molecule has 2 N–H and O–H groups in total. The summed E-state index contributed by atoms with van der Waals surface area (Å²) in [6, 6.07) is 0.390. The van der Waals surface area contributed by atoms with Gasteiger partial charge in [-0.15, -0.1) is 11.3 Å². The fourth-order valence-electron chi connectivity index (χ4n) is 2.74. The molecule has 0 bridgehead atoms. The van der Waals surface area contributed by atoms with Gasteiger partial charge >= 0.3 is 0 Å². The summed E-state index contributed by atoms with van der Waals surface area (Å²) in [5, 5.41) is 2.68. The van der Waals surface area contributed by atoms with Crippen LogP contribution in [-0.4, -0.2) is 28.4 Å². The van der Waals surface area contributed by atoms with E-state index in [2.05, 4.69) is 18.8 Å². The molecule has 0 aromatic carbocycles. The van der Waals surface area contributed by atoms with Crippen LogP contribution >= 0.6 is 11.3 Å². The number of likely N-dealkylation sites (tertiary alicyclic amines) is 1. The van der Waals surface area contributed by atoms with Crippen molar-refractivity contribution in [1.29, 1.82) is 0 Å². The average molecular weight is 295 g/mol. The Morgan fingerprint density at radius 2 is 2.35 bits per heavy atom. The van der Waals surface area contributed by atoms with Gasteiger partial charge in [0.1, 0.15) is 10.7 Å². The molecule has 1 aliphatic heterocycles. The first-order chi connectivity index (χ1) is 9.61. The maximum Gasteiger partial charge on any atom is 0.273 e. The molecule has 0 unspecified atom stereocenters. The van der Waals surface area contributed by atoms with Crippen molar-refractivity contribution < 1.29 is 4.79 Å². The number of carbonyl (C=O) groups excluding carboxylic acids is 1. The molecule has 1 atom stereocenters. The molecule has 2 heterocycles. The standard InChI is InChI=1S/C15H25N3OS/c1-11(2)6-7-12-5-3-4-8-18(12)15(19)13-10-20-14(9-16)17-13/h10-12H,3-9,16H2,1-2H3/t12-/m1/s1. The molecule has 0 spiro atoms. The van der Waals surface area contributed by atoms with Gasteiger partial charge in [0.05, 0.1) is 0 Å². The minimum Gasteiger partial charge on any atom is -0.334 e. The van der Waals surface area contributed by atoms with Gasteiger partial charge in [0.25, 0.3) is 5.91 Å². The first-order valence-corrected chi connectivity index (χ1v) is 8.45. The van der Waals surface area contributed by atoms with E-state index in [-0.39, 0.29) is 5.91 Å². The zero-order valence-corrected chi connectivity index (χ0v) is 13.3. The number of hydrogen-bond donors (Lipinski definition) is 1. The Hall–Kier alpha value is -0.940. The molecule has 0 saturated carbocycles. The Labute approximate surface area is 125 Å². The summed E-state index contributed by atoms with van der Waals surface area (Å²) in [4.78, 5) is 19.0. The van der Waals surface area contributed by atoms with Gasteiger partial charge in [0, 0.05) is 24.5 Å². The zero-order chi connectivity index (χ0) is 14.5. The Kier molecular flexibility index (Phi) is 5.54.